The fraction of sp³-hybridized carbons (Fsp3) is 0.300. The Hall–Kier alpha value is -1.72. The Morgan fingerprint density at radius 2 is 1.94 bits per heavy atom. The molecule has 1 aliphatic rings. The fourth-order valence-corrected chi connectivity index (χ4v) is 1.59. The second-order valence-corrected chi connectivity index (χ2v) is 3.48. The van der Waals surface area contributed by atoms with Crippen LogP contribution >= 0.6 is 0 Å². The molecule has 0 fully saturated rings. The number of amidine groups is 1. The molecule has 16 heavy (non-hydrogen) atoms. The molecule has 2 rings (SSSR count). The minimum Gasteiger partial charge on any atom is -0.386 e. The van der Waals surface area contributed by atoms with Gasteiger partial charge >= 0.3 is 6.18 Å². The van der Waals surface area contributed by atoms with Crippen LogP contribution in [0.4, 0.5) is 18.9 Å². The topological polar surface area (TPSA) is 41.6 Å². The van der Waals surface area contributed by atoms with Crippen molar-refractivity contribution in [2.75, 3.05) is 11.6 Å². The molecule has 2 N–H and O–H groups in total. The van der Waals surface area contributed by atoms with Gasteiger partial charge in [0.25, 0.3) is 0 Å². The Labute approximate surface area is 90.3 Å². The predicted molar refractivity (Wildman–Crippen MR) is 55.0 cm³/mol. The quantitative estimate of drug-likeness (QED) is 0.802. The molecule has 1 heterocycles. The summed E-state index contributed by atoms with van der Waals surface area (Å²) in [6, 6.07) is 5.34. The van der Waals surface area contributed by atoms with Crippen LogP contribution in [0.25, 0.3) is 0 Å². The molecule has 0 aliphatic carbocycles. The van der Waals surface area contributed by atoms with Gasteiger partial charge in [0.1, 0.15) is 5.84 Å². The van der Waals surface area contributed by atoms with E-state index in [0.29, 0.717) is 18.8 Å². The van der Waals surface area contributed by atoms with Gasteiger partial charge < -0.3 is 5.73 Å². The highest BCUT2D eigenvalue weighted by atomic mass is 19.4. The highest BCUT2D eigenvalue weighted by Crippen LogP contribution is 2.37. The molecule has 0 bridgehead atoms. The number of alkyl halides is 3. The molecule has 86 valence electrons. The summed E-state index contributed by atoms with van der Waals surface area (Å²) < 4.78 is 38.1. The van der Waals surface area contributed by atoms with Gasteiger partial charge in [0.05, 0.1) is 11.3 Å². The van der Waals surface area contributed by atoms with E-state index in [4.69, 9.17) is 5.73 Å². The van der Waals surface area contributed by atoms with Crippen LogP contribution in [-0.4, -0.2) is 12.4 Å². The van der Waals surface area contributed by atoms with E-state index in [1.165, 1.54) is 17.1 Å². The average Bonchev–Trinajstić information content (AvgIpc) is 2.64. The Bertz CT molecular complexity index is 426. The lowest BCUT2D eigenvalue weighted by molar-refractivity contribution is -0.137. The number of anilines is 1. The second kappa shape index (κ2) is 3.70. The second-order valence-electron chi connectivity index (χ2n) is 3.48. The number of rotatable bonds is 1. The molecule has 1 aliphatic heterocycles. The standard InChI is InChI=1S/C10H10F3N3/c11-10(12,13)7-3-1-2-4-8(7)16-6-5-9(14)15-16/h1-4H,5-6H2,(H2,14,15). The van der Waals surface area contributed by atoms with Crippen molar-refractivity contribution < 1.29 is 13.2 Å². The lowest BCUT2D eigenvalue weighted by atomic mass is 10.1. The molecule has 0 saturated carbocycles. The molecule has 1 aromatic rings. The third kappa shape index (κ3) is 1.95. The summed E-state index contributed by atoms with van der Waals surface area (Å²) in [5.41, 5.74) is 4.81. The molecule has 0 aromatic heterocycles. The van der Waals surface area contributed by atoms with E-state index in [0.717, 1.165) is 6.07 Å². The van der Waals surface area contributed by atoms with Crippen LogP contribution in [0.15, 0.2) is 29.4 Å². The van der Waals surface area contributed by atoms with E-state index in [1.54, 1.807) is 6.07 Å². The third-order valence-electron chi connectivity index (χ3n) is 2.32. The fourth-order valence-electron chi connectivity index (χ4n) is 1.59. The van der Waals surface area contributed by atoms with Gasteiger partial charge in [0.15, 0.2) is 0 Å². The summed E-state index contributed by atoms with van der Waals surface area (Å²) in [5, 5.41) is 5.15. The van der Waals surface area contributed by atoms with Crippen LogP contribution in [0.3, 0.4) is 0 Å². The minimum atomic E-state index is -4.37. The first-order valence-electron chi connectivity index (χ1n) is 4.75. The first-order chi connectivity index (χ1) is 7.48. The van der Waals surface area contributed by atoms with Crippen LogP contribution < -0.4 is 10.7 Å². The Morgan fingerprint density at radius 3 is 2.50 bits per heavy atom. The average molecular weight is 229 g/mol. The number of nitrogens with zero attached hydrogens (tertiary/aromatic N) is 2. The maximum atomic E-state index is 12.7. The van der Waals surface area contributed by atoms with Crippen LogP contribution in [-0.2, 0) is 6.18 Å². The van der Waals surface area contributed by atoms with Crippen LogP contribution in [0.2, 0.25) is 0 Å². The molecule has 0 saturated heterocycles. The van der Waals surface area contributed by atoms with E-state index >= 15 is 0 Å². The zero-order chi connectivity index (χ0) is 11.8. The number of nitrogens with two attached hydrogens (primary N) is 1. The first-order valence-corrected chi connectivity index (χ1v) is 4.75. The predicted octanol–water partition coefficient (Wildman–Crippen LogP) is 2.19. The van der Waals surface area contributed by atoms with E-state index in [1.807, 2.05) is 0 Å². The van der Waals surface area contributed by atoms with Crippen molar-refractivity contribution in [3.05, 3.63) is 29.8 Å². The zero-order valence-electron chi connectivity index (χ0n) is 8.33. The number of hydrogen-bond acceptors (Lipinski definition) is 3. The summed E-state index contributed by atoms with van der Waals surface area (Å²) in [7, 11) is 0. The number of benzene rings is 1. The van der Waals surface area contributed by atoms with Gasteiger partial charge in [0.2, 0.25) is 0 Å². The molecule has 1 aromatic carbocycles. The summed E-state index contributed by atoms with van der Waals surface area (Å²) in [5.74, 6) is 0.358. The molecule has 0 unspecified atom stereocenters. The largest absolute Gasteiger partial charge is 0.418 e. The van der Waals surface area contributed by atoms with E-state index in [9.17, 15) is 13.2 Å². The highest BCUT2D eigenvalue weighted by Gasteiger charge is 2.35. The first kappa shape index (κ1) is 10.8. The molecule has 0 spiro atoms. The normalized spacial score (nSPS) is 16.4. The smallest absolute Gasteiger partial charge is 0.386 e. The summed E-state index contributed by atoms with van der Waals surface area (Å²) >= 11 is 0. The molecule has 0 atom stereocenters. The number of para-hydroxylation sites is 1. The van der Waals surface area contributed by atoms with E-state index < -0.39 is 11.7 Å². The molecule has 0 amide bonds. The Balaban J connectivity index is 2.41. The molecular formula is C10H10F3N3. The van der Waals surface area contributed by atoms with Gasteiger partial charge in [-0.25, -0.2) is 0 Å². The van der Waals surface area contributed by atoms with Gasteiger partial charge in [-0.05, 0) is 12.1 Å². The number of hydrazone groups is 1. The maximum Gasteiger partial charge on any atom is 0.418 e. The zero-order valence-corrected chi connectivity index (χ0v) is 8.33. The van der Waals surface area contributed by atoms with Gasteiger partial charge in [-0.15, -0.1) is 0 Å². The van der Waals surface area contributed by atoms with Crippen molar-refractivity contribution in [2.45, 2.75) is 12.6 Å². The van der Waals surface area contributed by atoms with E-state index in [2.05, 4.69) is 5.10 Å². The van der Waals surface area contributed by atoms with Crippen molar-refractivity contribution in [2.24, 2.45) is 10.8 Å². The summed E-state index contributed by atoms with van der Waals surface area (Å²) in [6.45, 7) is 0.388. The third-order valence-corrected chi connectivity index (χ3v) is 2.32. The van der Waals surface area contributed by atoms with Gasteiger partial charge in [0, 0.05) is 13.0 Å². The van der Waals surface area contributed by atoms with Gasteiger partial charge in [-0.1, -0.05) is 12.1 Å². The monoisotopic (exact) mass is 229 g/mol. The molecule has 3 nitrogen and oxygen atoms in total. The highest BCUT2D eigenvalue weighted by molar-refractivity contribution is 5.84. The number of halogens is 3. The van der Waals surface area contributed by atoms with Crippen molar-refractivity contribution >= 4 is 11.5 Å². The SMILES string of the molecule is NC1=NN(c2ccccc2C(F)(F)F)CC1. The Kier molecular flexibility index (Phi) is 2.49. The van der Waals surface area contributed by atoms with Crippen LogP contribution in [0.5, 0.6) is 0 Å². The maximum absolute atomic E-state index is 12.7. The molecule has 0 radical (unpaired) electrons. The van der Waals surface area contributed by atoms with Crippen molar-refractivity contribution in [1.29, 1.82) is 0 Å². The lowest BCUT2D eigenvalue weighted by Gasteiger charge is -2.19. The summed E-state index contributed by atoms with van der Waals surface area (Å²) in [6.07, 6.45) is -3.88. The van der Waals surface area contributed by atoms with Crippen molar-refractivity contribution in [1.82, 2.24) is 0 Å². The molecule has 6 heteroatoms. The van der Waals surface area contributed by atoms with Crippen LogP contribution in [0, 0.1) is 0 Å². The van der Waals surface area contributed by atoms with Crippen LogP contribution in [0.1, 0.15) is 12.0 Å². The van der Waals surface area contributed by atoms with Gasteiger partial charge in [-0.2, -0.15) is 18.3 Å². The lowest BCUT2D eigenvalue weighted by Crippen LogP contribution is -2.17. The van der Waals surface area contributed by atoms with Crippen molar-refractivity contribution in [3.8, 4) is 0 Å². The minimum absolute atomic E-state index is 0.0513. The summed E-state index contributed by atoms with van der Waals surface area (Å²) in [4.78, 5) is 0. The Morgan fingerprint density at radius 1 is 1.25 bits per heavy atom. The number of hydrogen-bond donors (Lipinski definition) is 1. The van der Waals surface area contributed by atoms with E-state index in [-0.39, 0.29) is 5.69 Å². The van der Waals surface area contributed by atoms with Crippen molar-refractivity contribution in [3.63, 3.8) is 0 Å². The molecular weight excluding hydrogens is 219 g/mol. The van der Waals surface area contributed by atoms with Gasteiger partial charge in [-0.3, -0.25) is 5.01 Å².